The van der Waals surface area contributed by atoms with Crippen molar-refractivity contribution >= 4 is 17.2 Å². The zero-order valence-corrected chi connectivity index (χ0v) is 11.8. The second-order valence-corrected chi connectivity index (χ2v) is 5.50. The van der Waals surface area contributed by atoms with E-state index < -0.39 is 0 Å². The molecule has 18 heavy (non-hydrogen) atoms. The summed E-state index contributed by atoms with van der Waals surface area (Å²) >= 11 is 4.90. The van der Waals surface area contributed by atoms with Crippen LogP contribution >= 0.6 is 12.2 Å². The summed E-state index contributed by atoms with van der Waals surface area (Å²) in [5.74, 6) is 0.372. The van der Waals surface area contributed by atoms with Crippen molar-refractivity contribution in [3.8, 4) is 0 Å². The first kappa shape index (κ1) is 15.1. The van der Waals surface area contributed by atoms with Gasteiger partial charge in [0.25, 0.3) is 0 Å². The van der Waals surface area contributed by atoms with Crippen LogP contribution in [0.3, 0.4) is 0 Å². The van der Waals surface area contributed by atoms with E-state index in [1.807, 2.05) is 6.07 Å². The molecule has 0 aliphatic carbocycles. The zero-order chi connectivity index (χ0) is 13.5. The van der Waals surface area contributed by atoms with Crippen LogP contribution in [0.15, 0.2) is 24.3 Å². The van der Waals surface area contributed by atoms with E-state index in [2.05, 4.69) is 18.7 Å². The van der Waals surface area contributed by atoms with Crippen LogP contribution in [0.5, 0.6) is 0 Å². The van der Waals surface area contributed by atoms with E-state index in [1.165, 1.54) is 6.07 Å². The van der Waals surface area contributed by atoms with Gasteiger partial charge in [-0.3, -0.25) is 4.90 Å². The number of nitrogens with two attached hydrogens (primary N) is 1. The Bertz CT molecular complexity index is 393. The summed E-state index contributed by atoms with van der Waals surface area (Å²) in [7, 11) is 0. The Hall–Kier alpha value is -1.00. The molecule has 2 N–H and O–H groups in total. The maximum absolute atomic E-state index is 13.1. The summed E-state index contributed by atoms with van der Waals surface area (Å²) in [5.41, 5.74) is 6.52. The summed E-state index contributed by atoms with van der Waals surface area (Å²) in [6, 6.07) is 6.72. The average Bonchev–Trinajstić information content (AvgIpc) is 2.25. The second kappa shape index (κ2) is 7.44. The number of halogens is 1. The predicted octanol–water partition coefficient (Wildman–Crippen LogP) is 2.96. The summed E-state index contributed by atoms with van der Waals surface area (Å²) < 4.78 is 13.1. The molecule has 0 bridgehead atoms. The third kappa shape index (κ3) is 6.07. The highest BCUT2D eigenvalue weighted by Gasteiger charge is 2.09. The maximum Gasteiger partial charge on any atom is 0.123 e. The molecule has 1 aromatic rings. The highest BCUT2D eigenvalue weighted by Crippen LogP contribution is 2.10. The molecule has 0 radical (unpaired) electrons. The van der Waals surface area contributed by atoms with Crippen molar-refractivity contribution in [1.29, 1.82) is 0 Å². The first-order chi connectivity index (χ1) is 8.47. The smallest absolute Gasteiger partial charge is 0.123 e. The molecule has 0 saturated carbocycles. The van der Waals surface area contributed by atoms with Crippen LogP contribution in [0.1, 0.15) is 25.8 Å². The molecule has 1 aromatic carbocycles. The molecule has 1 rings (SSSR count). The van der Waals surface area contributed by atoms with Crippen molar-refractivity contribution in [2.24, 2.45) is 11.7 Å². The molecule has 0 atom stereocenters. The molecule has 0 spiro atoms. The summed E-state index contributed by atoms with van der Waals surface area (Å²) in [6.45, 7) is 6.85. The maximum atomic E-state index is 13.1. The third-order valence-corrected chi connectivity index (χ3v) is 2.80. The molecule has 0 unspecified atom stereocenters. The molecule has 100 valence electrons. The Morgan fingerprint density at radius 3 is 2.72 bits per heavy atom. The first-order valence-corrected chi connectivity index (χ1v) is 6.63. The first-order valence-electron chi connectivity index (χ1n) is 6.22. The van der Waals surface area contributed by atoms with Gasteiger partial charge >= 0.3 is 0 Å². The highest BCUT2D eigenvalue weighted by atomic mass is 32.1. The summed E-state index contributed by atoms with van der Waals surface area (Å²) in [4.78, 5) is 2.79. The van der Waals surface area contributed by atoms with Crippen LogP contribution in [0.4, 0.5) is 4.39 Å². The van der Waals surface area contributed by atoms with Gasteiger partial charge in [-0.05, 0) is 23.6 Å². The van der Waals surface area contributed by atoms with Gasteiger partial charge in [0.05, 0.1) is 4.99 Å². The summed E-state index contributed by atoms with van der Waals surface area (Å²) in [5, 5.41) is 0. The molecule has 4 heteroatoms. The minimum Gasteiger partial charge on any atom is -0.393 e. The van der Waals surface area contributed by atoms with E-state index in [4.69, 9.17) is 18.0 Å². The van der Waals surface area contributed by atoms with Gasteiger partial charge in [-0.1, -0.05) is 38.2 Å². The van der Waals surface area contributed by atoms with Crippen molar-refractivity contribution in [1.82, 2.24) is 4.90 Å². The lowest BCUT2D eigenvalue weighted by molar-refractivity contribution is 0.242. The van der Waals surface area contributed by atoms with Crippen molar-refractivity contribution in [2.75, 3.05) is 13.1 Å². The molecule has 0 amide bonds. The van der Waals surface area contributed by atoms with Crippen LogP contribution in [-0.4, -0.2) is 23.0 Å². The number of hydrogen-bond donors (Lipinski definition) is 1. The van der Waals surface area contributed by atoms with Crippen LogP contribution < -0.4 is 5.73 Å². The van der Waals surface area contributed by atoms with Crippen LogP contribution in [0, 0.1) is 11.7 Å². The van der Waals surface area contributed by atoms with Crippen molar-refractivity contribution in [3.63, 3.8) is 0 Å². The Morgan fingerprint density at radius 2 is 2.17 bits per heavy atom. The van der Waals surface area contributed by atoms with Gasteiger partial charge in [0.2, 0.25) is 0 Å². The zero-order valence-electron chi connectivity index (χ0n) is 11.0. The molecule has 0 aromatic heterocycles. The monoisotopic (exact) mass is 268 g/mol. The molecule has 0 saturated heterocycles. The lowest BCUT2D eigenvalue weighted by atomic mass is 10.1. The fourth-order valence-electron chi connectivity index (χ4n) is 1.91. The van der Waals surface area contributed by atoms with Gasteiger partial charge < -0.3 is 5.73 Å². The Morgan fingerprint density at radius 1 is 1.44 bits per heavy atom. The number of rotatable bonds is 7. The van der Waals surface area contributed by atoms with E-state index in [0.717, 1.165) is 25.2 Å². The number of hydrogen-bond acceptors (Lipinski definition) is 2. The van der Waals surface area contributed by atoms with E-state index in [1.54, 1.807) is 12.1 Å². The van der Waals surface area contributed by atoms with Gasteiger partial charge in [0.1, 0.15) is 5.82 Å². The Balaban J connectivity index is 2.62. The average molecular weight is 268 g/mol. The lowest BCUT2D eigenvalue weighted by Gasteiger charge is -2.24. The molecule has 0 aliphatic rings. The molecule has 0 fully saturated rings. The number of thiocarbonyl (C=S) groups is 1. The van der Waals surface area contributed by atoms with E-state index in [0.29, 0.717) is 17.3 Å². The topological polar surface area (TPSA) is 29.3 Å². The largest absolute Gasteiger partial charge is 0.393 e. The molecular formula is C14H21FN2S. The lowest BCUT2D eigenvalue weighted by Crippen LogP contribution is -2.30. The van der Waals surface area contributed by atoms with Gasteiger partial charge in [-0.25, -0.2) is 4.39 Å². The number of benzene rings is 1. The van der Waals surface area contributed by atoms with Crippen LogP contribution in [-0.2, 0) is 6.54 Å². The fraction of sp³-hybridized carbons (Fsp3) is 0.500. The van der Waals surface area contributed by atoms with Gasteiger partial charge in [-0.15, -0.1) is 0 Å². The van der Waals surface area contributed by atoms with Crippen molar-refractivity contribution in [2.45, 2.75) is 26.8 Å². The quantitative estimate of drug-likeness (QED) is 0.771. The van der Waals surface area contributed by atoms with Gasteiger partial charge in [0, 0.05) is 26.1 Å². The minimum atomic E-state index is -0.189. The second-order valence-electron chi connectivity index (χ2n) is 4.98. The SMILES string of the molecule is CC(C)CN(CCC(N)=S)Cc1cccc(F)c1. The molecular weight excluding hydrogens is 247 g/mol. The number of nitrogens with zero attached hydrogens (tertiary/aromatic N) is 1. The standard InChI is InChI=1S/C14H21FN2S/c1-11(2)9-17(7-6-14(16)18)10-12-4-3-5-13(15)8-12/h3-5,8,11H,6-7,9-10H2,1-2H3,(H2,16,18). The fourth-order valence-corrected chi connectivity index (χ4v) is 2.00. The molecule has 2 nitrogen and oxygen atoms in total. The van der Waals surface area contributed by atoms with Crippen molar-refractivity contribution in [3.05, 3.63) is 35.6 Å². The van der Waals surface area contributed by atoms with Crippen LogP contribution in [0.25, 0.3) is 0 Å². The molecule has 0 heterocycles. The predicted molar refractivity (Wildman–Crippen MR) is 77.9 cm³/mol. The van der Waals surface area contributed by atoms with Crippen molar-refractivity contribution < 1.29 is 4.39 Å². The summed E-state index contributed by atoms with van der Waals surface area (Å²) in [6.07, 6.45) is 0.706. The minimum absolute atomic E-state index is 0.189. The van der Waals surface area contributed by atoms with Gasteiger partial charge in [-0.2, -0.15) is 0 Å². The van der Waals surface area contributed by atoms with E-state index in [9.17, 15) is 4.39 Å². The van der Waals surface area contributed by atoms with E-state index >= 15 is 0 Å². The van der Waals surface area contributed by atoms with Gasteiger partial charge in [0.15, 0.2) is 0 Å². The Labute approximate surface area is 114 Å². The molecule has 0 aliphatic heterocycles. The Kier molecular flexibility index (Phi) is 6.22. The van der Waals surface area contributed by atoms with Crippen LogP contribution in [0.2, 0.25) is 0 Å². The third-order valence-electron chi connectivity index (χ3n) is 2.59. The highest BCUT2D eigenvalue weighted by molar-refractivity contribution is 7.80. The van der Waals surface area contributed by atoms with E-state index in [-0.39, 0.29) is 5.82 Å². The normalized spacial score (nSPS) is 11.2.